The Labute approximate surface area is 236 Å². The molecule has 11 heteroatoms. The van der Waals surface area contributed by atoms with E-state index in [4.69, 9.17) is 21.1 Å². The van der Waals surface area contributed by atoms with Gasteiger partial charge >= 0.3 is 5.97 Å². The SMILES string of the molecule is CCOC(=O)COc1ccc(/C=N\NC(=O)c2ccc(-c3csc(Nc4ccc(Cl)cc4)n3)cc2)cc1Br. The number of aromatic nitrogens is 1. The molecule has 4 rings (SSSR count). The Morgan fingerprint density at radius 3 is 2.58 bits per heavy atom. The van der Waals surface area contributed by atoms with Crippen LogP contribution >= 0.6 is 38.9 Å². The van der Waals surface area contributed by atoms with Gasteiger partial charge in [-0.25, -0.2) is 15.2 Å². The van der Waals surface area contributed by atoms with Crippen molar-refractivity contribution in [2.75, 3.05) is 18.5 Å². The van der Waals surface area contributed by atoms with Crippen LogP contribution in [0.1, 0.15) is 22.8 Å². The molecule has 1 aromatic heterocycles. The Balaban J connectivity index is 1.30. The van der Waals surface area contributed by atoms with Crippen molar-refractivity contribution in [1.29, 1.82) is 0 Å². The second-order valence-corrected chi connectivity index (χ2v) is 9.88. The third kappa shape index (κ3) is 7.64. The number of nitrogens with zero attached hydrogens (tertiary/aromatic N) is 2. The molecule has 8 nitrogen and oxygen atoms in total. The molecule has 0 spiro atoms. The van der Waals surface area contributed by atoms with Gasteiger partial charge in [-0.2, -0.15) is 5.10 Å². The van der Waals surface area contributed by atoms with E-state index in [2.05, 4.69) is 36.8 Å². The van der Waals surface area contributed by atoms with Crippen LogP contribution in [0, 0.1) is 0 Å². The van der Waals surface area contributed by atoms with E-state index >= 15 is 0 Å². The molecule has 194 valence electrons. The summed E-state index contributed by atoms with van der Waals surface area (Å²) in [6.07, 6.45) is 1.51. The van der Waals surface area contributed by atoms with E-state index in [-0.39, 0.29) is 12.5 Å². The Hall–Kier alpha value is -3.73. The molecule has 0 aliphatic carbocycles. The first kappa shape index (κ1) is 27.3. The van der Waals surface area contributed by atoms with E-state index in [1.165, 1.54) is 17.6 Å². The number of thiazole rings is 1. The van der Waals surface area contributed by atoms with Gasteiger partial charge in [0.25, 0.3) is 5.91 Å². The Bertz CT molecular complexity index is 1440. The van der Waals surface area contributed by atoms with Crippen LogP contribution in [-0.2, 0) is 9.53 Å². The van der Waals surface area contributed by atoms with Gasteiger partial charge in [0.15, 0.2) is 11.7 Å². The second-order valence-electron chi connectivity index (χ2n) is 7.73. The minimum absolute atomic E-state index is 0.182. The molecule has 1 amide bonds. The van der Waals surface area contributed by atoms with Crippen molar-refractivity contribution in [1.82, 2.24) is 10.4 Å². The molecule has 3 aromatic carbocycles. The number of anilines is 2. The van der Waals surface area contributed by atoms with Gasteiger partial charge in [-0.05, 0) is 83.0 Å². The quantitative estimate of drug-likeness (QED) is 0.118. The van der Waals surface area contributed by atoms with E-state index in [0.717, 1.165) is 27.6 Å². The molecule has 0 unspecified atom stereocenters. The standard InChI is InChI=1S/C27H22BrClN4O4S/c1-2-36-25(34)15-37-24-12-3-17(13-22(24)28)14-30-33-26(35)19-6-4-18(5-7-19)23-16-38-27(32-23)31-21-10-8-20(29)9-11-21/h3-14,16H,2,15H2,1H3,(H,31,32)(H,33,35)/b30-14-. The molecule has 0 atom stereocenters. The molecule has 38 heavy (non-hydrogen) atoms. The number of halogens is 2. The fraction of sp³-hybridized carbons (Fsp3) is 0.111. The number of ether oxygens (including phenoxy) is 2. The molecular formula is C27H22BrClN4O4S. The van der Waals surface area contributed by atoms with E-state index in [0.29, 0.717) is 27.4 Å². The Morgan fingerprint density at radius 1 is 1.11 bits per heavy atom. The number of rotatable bonds is 10. The first-order valence-electron chi connectivity index (χ1n) is 11.4. The molecule has 0 aliphatic rings. The van der Waals surface area contributed by atoms with Gasteiger partial charge in [0, 0.05) is 27.2 Å². The second kappa shape index (κ2) is 13.2. The zero-order valence-electron chi connectivity index (χ0n) is 20.1. The highest BCUT2D eigenvalue weighted by Gasteiger charge is 2.09. The number of nitrogens with one attached hydrogen (secondary N) is 2. The highest BCUT2D eigenvalue weighted by molar-refractivity contribution is 9.10. The molecule has 0 fully saturated rings. The summed E-state index contributed by atoms with van der Waals surface area (Å²) in [5.41, 5.74) is 6.30. The topological polar surface area (TPSA) is 102 Å². The average molecular weight is 614 g/mol. The minimum Gasteiger partial charge on any atom is -0.481 e. The summed E-state index contributed by atoms with van der Waals surface area (Å²) in [6, 6.07) is 19.7. The number of hydrazone groups is 1. The Morgan fingerprint density at radius 2 is 1.87 bits per heavy atom. The lowest BCUT2D eigenvalue weighted by atomic mass is 10.1. The van der Waals surface area contributed by atoms with Crippen molar-refractivity contribution in [3.05, 3.63) is 92.7 Å². The van der Waals surface area contributed by atoms with Gasteiger partial charge in [0.05, 0.1) is 23.0 Å². The maximum atomic E-state index is 12.5. The van der Waals surface area contributed by atoms with Crippen LogP contribution in [0.25, 0.3) is 11.3 Å². The lowest BCUT2D eigenvalue weighted by Crippen LogP contribution is -2.17. The fourth-order valence-electron chi connectivity index (χ4n) is 3.20. The van der Waals surface area contributed by atoms with E-state index in [9.17, 15) is 9.59 Å². The third-order valence-electron chi connectivity index (χ3n) is 5.03. The van der Waals surface area contributed by atoms with Gasteiger partial charge in [0.1, 0.15) is 5.75 Å². The van der Waals surface area contributed by atoms with Crippen molar-refractivity contribution < 1.29 is 19.1 Å². The molecular weight excluding hydrogens is 592 g/mol. The fourth-order valence-corrected chi connectivity index (χ4v) is 4.57. The molecule has 0 saturated heterocycles. The van der Waals surface area contributed by atoms with Crippen LogP contribution in [0.5, 0.6) is 5.75 Å². The van der Waals surface area contributed by atoms with Crippen LogP contribution in [0.15, 0.2) is 81.7 Å². The van der Waals surface area contributed by atoms with Crippen LogP contribution in [0.4, 0.5) is 10.8 Å². The summed E-state index contributed by atoms with van der Waals surface area (Å²) in [5.74, 6) is -0.291. The maximum absolute atomic E-state index is 12.5. The average Bonchev–Trinajstić information content (AvgIpc) is 3.38. The van der Waals surface area contributed by atoms with Crippen molar-refractivity contribution in [3.8, 4) is 17.0 Å². The van der Waals surface area contributed by atoms with Gasteiger partial charge in [-0.1, -0.05) is 23.7 Å². The van der Waals surface area contributed by atoms with Gasteiger partial charge in [0.2, 0.25) is 0 Å². The Kier molecular flexibility index (Phi) is 9.47. The third-order valence-corrected chi connectivity index (χ3v) is 6.66. The minimum atomic E-state index is -0.441. The highest BCUT2D eigenvalue weighted by atomic mass is 79.9. The van der Waals surface area contributed by atoms with Crippen molar-refractivity contribution in [2.24, 2.45) is 5.10 Å². The number of carbonyl (C=O) groups excluding carboxylic acids is 2. The molecule has 1 heterocycles. The summed E-state index contributed by atoms with van der Waals surface area (Å²) < 4.78 is 10.9. The maximum Gasteiger partial charge on any atom is 0.344 e. The number of amides is 1. The molecule has 0 bridgehead atoms. The normalized spacial score (nSPS) is 10.8. The number of hydrogen-bond donors (Lipinski definition) is 2. The number of esters is 1. The zero-order valence-corrected chi connectivity index (χ0v) is 23.3. The van der Waals surface area contributed by atoms with Crippen LogP contribution in [0.3, 0.4) is 0 Å². The summed E-state index contributed by atoms with van der Waals surface area (Å²) >= 11 is 10.8. The smallest absolute Gasteiger partial charge is 0.344 e. The first-order chi connectivity index (χ1) is 18.4. The van der Waals surface area contributed by atoms with E-state index < -0.39 is 5.97 Å². The first-order valence-corrected chi connectivity index (χ1v) is 13.5. The van der Waals surface area contributed by atoms with Gasteiger partial charge < -0.3 is 14.8 Å². The van der Waals surface area contributed by atoms with E-state index in [1.807, 2.05) is 41.8 Å². The summed E-state index contributed by atoms with van der Waals surface area (Å²) in [5, 5.41) is 10.7. The van der Waals surface area contributed by atoms with Crippen LogP contribution in [-0.4, -0.2) is 36.3 Å². The molecule has 4 aromatic rings. The van der Waals surface area contributed by atoms with Crippen molar-refractivity contribution in [3.63, 3.8) is 0 Å². The van der Waals surface area contributed by atoms with Gasteiger partial charge in [-0.3, -0.25) is 4.79 Å². The van der Waals surface area contributed by atoms with E-state index in [1.54, 1.807) is 37.3 Å². The molecule has 0 aliphatic heterocycles. The largest absolute Gasteiger partial charge is 0.481 e. The summed E-state index contributed by atoms with van der Waals surface area (Å²) in [7, 11) is 0. The van der Waals surface area contributed by atoms with Crippen molar-refractivity contribution in [2.45, 2.75) is 6.92 Å². The summed E-state index contributed by atoms with van der Waals surface area (Å²) in [4.78, 5) is 28.6. The van der Waals surface area contributed by atoms with Crippen LogP contribution < -0.4 is 15.5 Å². The zero-order chi connectivity index (χ0) is 26.9. The number of hydrogen-bond acceptors (Lipinski definition) is 8. The van der Waals surface area contributed by atoms with Crippen LogP contribution in [0.2, 0.25) is 5.02 Å². The predicted octanol–water partition coefficient (Wildman–Crippen LogP) is 6.68. The summed E-state index contributed by atoms with van der Waals surface area (Å²) in [6.45, 7) is 1.85. The molecule has 0 saturated carbocycles. The highest BCUT2D eigenvalue weighted by Crippen LogP contribution is 2.28. The predicted molar refractivity (Wildman–Crippen MR) is 154 cm³/mol. The lowest BCUT2D eigenvalue weighted by Gasteiger charge is -2.08. The van der Waals surface area contributed by atoms with Crippen molar-refractivity contribution >= 4 is 67.8 Å². The monoisotopic (exact) mass is 612 g/mol. The van der Waals surface area contributed by atoms with Gasteiger partial charge in [-0.15, -0.1) is 11.3 Å². The molecule has 0 radical (unpaired) electrons. The lowest BCUT2D eigenvalue weighted by molar-refractivity contribution is -0.145. The number of benzene rings is 3. The molecule has 2 N–H and O–H groups in total. The number of carbonyl (C=O) groups is 2.